The van der Waals surface area contributed by atoms with E-state index in [1.807, 2.05) is 0 Å². The molecular formula is C12H17NO4. The summed E-state index contributed by atoms with van der Waals surface area (Å²) < 4.78 is 10.8. The maximum atomic E-state index is 9.70. The molecule has 5 nitrogen and oxygen atoms in total. The molecule has 1 aromatic carbocycles. The number of anilines is 1. The maximum absolute atomic E-state index is 9.70. The molecule has 3 atom stereocenters. The number of rotatable bonds is 3. The fourth-order valence-electron chi connectivity index (χ4n) is 1.82. The lowest BCUT2D eigenvalue weighted by Crippen LogP contribution is -2.43. The van der Waals surface area contributed by atoms with E-state index >= 15 is 0 Å². The van der Waals surface area contributed by atoms with Gasteiger partial charge in [-0.1, -0.05) is 0 Å². The second-order valence-electron chi connectivity index (χ2n) is 4.13. The number of aliphatic hydroxyl groups is 2. The lowest BCUT2D eigenvalue weighted by Gasteiger charge is -2.32. The molecule has 1 aliphatic heterocycles. The summed E-state index contributed by atoms with van der Waals surface area (Å²) in [6, 6.07) is 6.98. The standard InChI is InChI=1S/C12H17NO4/c13-8-1-3-9(4-2-8)16-11-6-5-10(7-14)17-12(11)15/h1-4,10-12,14-15H,5-7,13H2/t10-,11-,12-/m1/s1. The van der Waals surface area contributed by atoms with Gasteiger partial charge in [0.2, 0.25) is 0 Å². The first-order valence-electron chi connectivity index (χ1n) is 5.65. The quantitative estimate of drug-likeness (QED) is 0.669. The molecule has 17 heavy (non-hydrogen) atoms. The van der Waals surface area contributed by atoms with Crippen molar-refractivity contribution in [3.8, 4) is 5.75 Å². The molecule has 5 heteroatoms. The van der Waals surface area contributed by atoms with Crippen LogP contribution in [0.1, 0.15) is 12.8 Å². The molecule has 0 saturated carbocycles. The minimum absolute atomic E-state index is 0.0777. The van der Waals surface area contributed by atoms with E-state index in [1.54, 1.807) is 24.3 Å². The van der Waals surface area contributed by atoms with Crippen molar-refractivity contribution in [1.82, 2.24) is 0 Å². The smallest absolute Gasteiger partial charge is 0.192 e. The number of hydrogen-bond donors (Lipinski definition) is 3. The zero-order valence-electron chi connectivity index (χ0n) is 9.45. The van der Waals surface area contributed by atoms with E-state index in [4.69, 9.17) is 20.3 Å². The van der Waals surface area contributed by atoms with Crippen molar-refractivity contribution >= 4 is 5.69 Å². The number of benzene rings is 1. The number of ether oxygens (including phenoxy) is 2. The molecule has 0 aliphatic carbocycles. The Morgan fingerprint density at radius 3 is 2.59 bits per heavy atom. The number of aliphatic hydroxyl groups excluding tert-OH is 2. The average Bonchev–Trinajstić information content (AvgIpc) is 2.34. The Morgan fingerprint density at radius 1 is 1.29 bits per heavy atom. The topological polar surface area (TPSA) is 84.9 Å². The van der Waals surface area contributed by atoms with Gasteiger partial charge in [0.05, 0.1) is 12.7 Å². The summed E-state index contributed by atoms with van der Waals surface area (Å²) in [7, 11) is 0. The Bertz CT molecular complexity index is 354. The highest BCUT2D eigenvalue weighted by atomic mass is 16.6. The van der Waals surface area contributed by atoms with Crippen molar-refractivity contribution < 1.29 is 19.7 Å². The fraction of sp³-hybridized carbons (Fsp3) is 0.500. The van der Waals surface area contributed by atoms with Crippen molar-refractivity contribution in [3.05, 3.63) is 24.3 Å². The van der Waals surface area contributed by atoms with Gasteiger partial charge in [-0.2, -0.15) is 0 Å². The molecule has 0 bridgehead atoms. The molecule has 0 aromatic heterocycles. The zero-order chi connectivity index (χ0) is 12.3. The summed E-state index contributed by atoms with van der Waals surface area (Å²) in [4.78, 5) is 0. The normalized spacial score (nSPS) is 28.9. The molecule has 0 amide bonds. The first-order chi connectivity index (χ1) is 8.19. The SMILES string of the molecule is Nc1ccc(O[C@@H]2CC[C@H](CO)O[C@H]2O)cc1. The summed E-state index contributed by atoms with van der Waals surface area (Å²) in [5.74, 6) is 0.647. The zero-order valence-corrected chi connectivity index (χ0v) is 9.45. The fourth-order valence-corrected chi connectivity index (χ4v) is 1.82. The van der Waals surface area contributed by atoms with E-state index in [0.717, 1.165) is 0 Å². The van der Waals surface area contributed by atoms with Gasteiger partial charge in [0.1, 0.15) is 11.9 Å². The Morgan fingerprint density at radius 2 is 2.00 bits per heavy atom. The van der Waals surface area contributed by atoms with Crippen molar-refractivity contribution in [2.24, 2.45) is 0 Å². The molecule has 94 valence electrons. The van der Waals surface area contributed by atoms with E-state index in [2.05, 4.69) is 0 Å². The van der Waals surface area contributed by atoms with Gasteiger partial charge in [-0.15, -0.1) is 0 Å². The number of nitrogens with two attached hydrogens (primary N) is 1. The van der Waals surface area contributed by atoms with E-state index < -0.39 is 12.4 Å². The van der Waals surface area contributed by atoms with Gasteiger partial charge in [-0.25, -0.2) is 0 Å². The Balaban J connectivity index is 1.93. The lowest BCUT2D eigenvalue weighted by atomic mass is 10.1. The van der Waals surface area contributed by atoms with Crippen LogP contribution < -0.4 is 10.5 Å². The third-order valence-corrected chi connectivity index (χ3v) is 2.79. The molecule has 1 aromatic rings. The van der Waals surface area contributed by atoms with E-state index in [9.17, 15) is 5.11 Å². The van der Waals surface area contributed by atoms with Gasteiger partial charge in [-0.05, 0) is 37.1 Å². The number of hydrogen-bond acceptors (Lipinski definition) is 5. The van der Waals surface area contributed by atoms with Crippen molar-refractivity contribution in [3.63, 3.8) is 0 Å². The van der Waals surface area contributed by atoms with Gasteiger partial charge in [0, 0.05) is 5.69 Å². The predicted molar refractivity (Wildman–Crippen MR) is 62.5 cm³/mol. The van der Waals surface area contributed by atoms with Gasteiger partial charge in [-0.3, -0.25) is 0 Å². The van der Waals surface area contributed by atoms with Crippen molar-refractivity contribution in [1.29, 1.82) is 0 Å². The van der Waals surface area contributed by atoms with Crippen molar-refractivity contribution in [2.75, 3.05) is 12.3 Å². The summed E-state index contributed by atoms with van der Waals surface area (Å²) in [5.41, 5.74) is 6.23. The van der Waals surface area contributed by atoms with Crippen LogP contribution in [0.2, 0.25) is 0 Å². The van der Waals surface area contributed by atoms with Crippen molar-refractivity contribution in [2.45, 2.75) is 31.3 Å². The predicted octanol–water partition coefficient (Wildman–Crippen LogP) is 0.506. The second kappa shape index (κ2) is 5.35. The summed E-state index contributed by atoms with van der Waals surface area (Å²) in [6.45, 7) is -0.0777. The molecule has 0 radical (unpaired) electrons. The summed E-state index contributed by atoms with van der Waals surface area (Å²) in [5, 5.41) is 18.6. The van der Waals surface area contributed by atoms with Gasteiger partial charge < -0.3 is 25.4 Å². The first-order valence-corrected chi connectivity index (χ1v) is 5.65. The first kappa shape index (κ1) is 12.2. The third-order valence-electron chi connectivity index (χ3n) is 2.79. The lowest BCUT2D eigenvalue weighted by molar-refractivity contribution is -0.215. The highest BCUT2D eigenvalue weighted by molar-refractivity contribution is 5.41. The monoisotopic (exact) mass is 239 g/mol. The van der Waals surface area contributed by atoms with Crippen LogP contribution in [0.3, 0.4) is 0 Å². The molecule has 1 aliphatic rings. The molecule has 0 unspecified atom stereocenters. The highest BCUT2D eigenvalue weighted by Crippen LogP contribution is 2.23. The van der Waals surface area contributed by atoms with E-state index in [1.165, 1.54) is 0 Å². The minimum atomic E-state index is -1.00. The van der Waals surface area contributed by atoms with Crippen LogP contribution in [-0.4, -0.2) is 35.3 Å². The van der Waals surface area contributed by atoms with Crippen LogP contribution in [0.15, 0.2) is 24.3 Å². The Kier molecular flexibility index (Phi) is 3.83. The van der Waals surface area contributed by atoms with Crippen LogP contribution >= 0.6 is 0 Å². The maximum Gasteiger partial charge on any atom is 0.192 e. The molecule has 1 heterocycles. The molecule has 0 spiro atoms. The molecule has 1 saturated heterocycles. The number of nitrogen functional groups attached to an aromatic ring is 1. The average molecular weight is 239 g/mol. The van der Waals surface area contributed by atoms with Crippen LogP contribution in [0.25, 0.3) is 0 Å². The molecule has 4 N–H and O–H groups in total. The summed E-state index contributed by atoms with van der Waals surface area (Å²) >= 11 is 0. The van der Waals surface area contributed by atoms with Gasteiger partial charge >= 0.3 is 0 Å². The summed E-state index contributed by atoms with van der Waals surface area (Å²) in [6.07, 6.45) is -0.375. The minimum Gasteiger partial charge on any atom is -0.485 e. The van der Waals surface area contributed by atoms with Crippen LogP contribution in [0.5, 0.6) is 5.75 Å². The van der Waals surface area contributed by atoms with Crippen LogP contribution in [-0.2, 0) is 4.74 Å². The van der Waals surface area contributed by atoms with E-state index in [0.29, 0.717) is 24.3 Å². The molecule has 1 fully saturated rings. The second-order valence-corrected chi connectivity index (χ2v) is 4.13. The largest absolute Gasteiger partial charge is 0.485 e. The Labute approximate surface area is 99.8 Å². The van der Waals surface area contributed by atoms with Gasteiger partial charge in [0.25, 0.3) is 0 Å². The highest BCUT2D eigenvalue weighted by Gasteiger charge is 2.30. The van der Waals surface area contributed by atoms with E-state index in [-0.39, 0.29) is 12.7 Å². The van der Waals surface area contributed by atoms with Crippen LogP contribution in [0, 0.1) is 0 Å². The molecule has 2 rings (SSSR count). The van der Waals surface area contributed by atoms with Gasteiger partial charge in [0.15, 0.2) is 6.29 Å². The van der Waals surface area contributed by atoms with Crippen LogP contribution in [0.4, 0.5) is 5.69 Å². The third kappa shape index (κ3) is 3.09. The Hall–Kier alpha value is -1.30. The molecular weight excluding hydrogens is 222 g/mol.